The molecule has 1 aliphatic rings. The Morgan fingerprint density at radius 2 is 1.77 bits per heavy atom. The summed E-state index contributed by atoms with van der Waals surface area (Å²) in [6.07, 6.45) is 3.68. The Morgan fingerprint density at radius 1 is 1.10 bits per heavy atom. The van der Waals surface area contributed by atoms with Gasteiger partial charge in [-0.2, -0.15) is 0 Å². The van der Waals surface area contributed by atoms with Gasteiger partial charge in [0.2, 0.25) is 0 Å². The van der Waals surface area contributed by atoms with E-state index >= 15 is 0 Å². The zero-order valence-corrected chi connectivity index (χ0v) is 22.3. The standard InChI is InChI=1S/C30H32N6O3/c1-17(2)29(37)34-22-13-11-20(12-14-22)26-24(25-27(31)32-16-33-28(25)36(26)3)19-7-9-21(10-8-19)30(38)35-23(15-39-4)18-5-6-18/h7-14,16,18,23H,1,5-6,15H2,2-4H3,(H,34,37)(H,35,38)(H2,31,32,33). The van der Waals surface area contributed by atoms with E-state index < -0.39 is 0 Å². The lowest BCUT2D eigenvalue weighted by molar-refractivity contribution is -0.112. The summed E-state index contributed by atoms with van der Waals surface area (Å²) in [4.78, 5) is 33.8. The highest BCUT2D eigenvalue weighted by atomic mass is 16.5. The largest absolute Gasteiger partial charge is 0.383 e. The van der Waals surface area contributed by atoms with Gasteiger partial charge in [0.25, 0.3) is 11.8 Å². The third-order valence-corrected chi connectivity index (χ3v) is 7.09. The molecule has 2 heterocycles. The Hall–Kier alpha value is -4.50. The number of hydrogen-bond acceptors (Lipinski definition) is 6. The number of amides is 2. The maximum atomic E-state index is 13.0. The van der Waals surface area contributed by atoms with E-state index in [1.54, 1.807) is 14.0 Å². The van der Waals surface area contributed by atoms with Gasteiger partial charge in [-0.1, -0.05) is 30.8 Å². The van der Waals surface area contributed by atoms with Crippen molar-refractivity contribution < 1.29 is 14.3 Å². The molecule has 0 saturated heterocycles. The summed E-state index contributed by atoms with van der Waals surface area (Å²) >= 11 is 0. The van der Waals surface area contributed by atoms with Crippen molar-refractivity contribution in [2.45, 2.75) is 25.8 Å². The molecule has 0 radical (unpaired) electrons. The molecule has 0 spiro atoms. The summed E-state index contributed by atoms with van der Waals surface area (Å²) in [5.41, 5.74) is 12.3. The molecule has 1 atom stereocenters. The van der Waals surface area contributed by atoms with E-state index in [-0.39, 0.29) is 17.9 Å². The lowest BCUT2D eigenvalue weighted by Gasteiger charge is -2.17. The molecule has 1 saturated carbocycles. The number of rotatable bonds is 9. The van der Waals surface area contributed by atoms with E-state index in [4.69, 9.17) is 10.5 Å². The van der Waals surface area contributed by atoms with Crippen molar-refractivity contribution in [3.05, 3.63) is 72.6 Å². The van der Waals surface area contributed by atoms with Crippen molar-refractivity contribution in [1.82, 2.24) is 19.9 Å². The Morgan fingerprint density at radius 3 is 2.38 bits per heavy atom. The highest BCUT2D eigenvalue weighted by Crippen LogP contribution is 2.41. The maximum absolute atomic E-state index is 13.0. The molecule has 1 aliphatic carbocycles. The van der Waals surface area contributed by atoms with Gasteiger partial charge >= 0.3 is 0 Å². The minimum Gasteiger partial charge on any atom is -0.383 e. The van der Waals surface area contributed by atoms with Crippen LogP contribution < -0.4 is 16.4 Å². The van der Waals surface area contributed by atoms with E-state index in [0.717, 1.165) is 40.6 Å². The molecule has 39 heavy (non-hydrogen) atoms. The Kier molecular flexibility index (Phi) is 7.17. The van der Waals surface area contributed by atoms with Gasteiger partial charge in [-0.05, 0) is 61.1 Å². The molecule has 4 N–H and O–H groups in total. The Balaban J connectivity index is 1.52. The topological polar surface area (TPSA) is 124 Å². The van der Waals surface area contributed by atoms with Crippen molar-refractivity contribution >= 4 is 34.4 Å². The second-order valence-electron chi connectivity index (χ2n) is 10.0. The number of nitrogens with two attached hydrogens (primary N) is 1. The van der Waals surface area contributed by atoms with Crippen LogP contribution in [0.2, 0.25) is 0 Å². The molecule has 0 aliphatic heterocycles. The zero-order valence-electron chi connectivity index (χ0n) is 22.3. The van der Waals surface area contributed by atoms with Gasteiger partial charge in [0.05, 0.1) is 23.7 Å². The van der Waals surface area contributed by atoms with E-state index in [1.165, 1.54) is 6.33 Å². The lowest BCUT2D eigenvalue weighted by atomic mass is 9.97. The number of anilines is 2. The smallest absolute Gasteiger partial charge is 0.251 e. The van der Waals surface area contributed by atoms with Crippen molar-refractivity contribution in [3.63, 3.8) is 0 Å². The number of nitrogens with one attached hydrogen (secondary N) is 2. The number of aryl methyl sites for hydroxylation is 1. The first-order valence-corrected chi connectivity index (χ1v) is 12.8. The first-order valence-electron chi connectivity index (χ1n) is 12.8. The SMILES string of the molecule is C=C(C)C(=O)Nc1ccc(-c2c(-c3ccc(C(=O)NC(COC)C4CC4)cc3)c3c(N)ncnc3n2C)cc1. The third-order valence-electron chi connectivity index (χ3n) is 7.09. The van der Waals surface area contributed by atoms with Crippen LogP contribution in [-0.2, 0) is 16.6 Å². The van der Waals surface area contributed by atoms with Crippen LogP contribution in [-0.4, -0.2) is 46.1 Å². The minimum atomic E-state index is -0.231. The quantitative estimate of drug-likeness (QED) is 0.276. The maximum Gasteiger partial charge on any atom is 0.251 e. The fraction of sp³-hybridized carbons (Fsp3) is 0.267. The summed E-state index contributed by atoms with van der Waals surface area (Å²) in [6.45, 7) is 5.85. The van der Waals surface area contributed by atoms with Crippen molar-refractivity contribution in [1.29, 1.82) is 0 Å². The van der Waals surface area contributed by atoms with Crippen LogP contribution in [0.4, 0.5) is 11.5 Å². The molecule has 2 aromatic heterocycles. The summed E-state index contributed by atoms with van der Waals surface area (Å²) in [7, 11) is 3.58. The predicted octanol–water partition coefficient (Wildman–Crippen LogP) is 4.55. The third kappa shape index (κ3) is 5.26. The summed E-state index contributed by atoms with van der Waals surface area (Å²) < 4.78 is 7.28. The van der Waals surface area contributed by atoms with Gasteiger partial charge in [-0.3, -0.25) is 9.59 Å². The first kappa shape index (κ1) is 26.1. The lowest BCUT2D eigenvalue weighted by Crippen LogP contribution is -2.39. The van der Waals surface area contributed by atoms with Crippen LogP contribution in [0, 0.1) is 5.92 Å². The molecule has 4 aromatic rings. The second kappa shape index (κ2) is 10.7. The summed E-state index contributed by atoms with van der Waals surface area (Å²) in [6, 6.07) is 15.1. The molecular formula is C30H32N6O3. The summed E-state index contributed by atoms with van der Waals surface area (Å²) in [5.74, 6) is 0.500. The monoisotopic (exact) mass is 524 g/mol. The van der Waals surface area contributed by atoms with Crippen LogP contribution in [0.1, 0.15) is 30.1 Å². The number of carbonyl (C=O) groups excluding carboxylic acids is 2. The van der Waals surface area contributed by atoms with E-state index in [0.29, 0.717) is 40.8 Å². The van der Waals surface area contributed by atoms with E-state index in [9.17, 15) is 9.59 Å². The average molecular weight is 525 g/mol. The Bertz CT molecular complexity index is 1550. The van der Waals surface area contributed by atoms with Crippen LogP contribution in [0.15, 0.2) is 67.0 Å². The number of ether oxygens (including phenoxy) is 1. The Labute approximate surface area is 227 Å². The molecule has 9 nitrogen and oxygen atoms in total. The molecule has 2 amide bonds. The molecule has 5 rings (SSSR count). The molecular weight excluding hydrogens is 492 g/mol. The number of hydrogen-bond donors (Lipinski definition) is 3. The molecule has 2 aromatic carbocycles. The predicted molar refractivity (Wildman–Crippen MR) is 153 cm³/mol. The average Bonchev–Trinajstić information content (AvgIpc) is 3.73. The second-order valence-corrected chi connectivity index (χ2v) is 10.0. The van der Waals surface area contributed by atoms with Crippen LogP contribution in [0.5, 0.6) is 0 Å². The fourth-order valence-electron chi connectivity index (χ4n) is 4.86. The van der Waals surface area contributed by atoms with Crippen molar-refractivity contribution in [2.24, 2.45) is 13.0 Å². The normalized spacial score (nSPS) is 13.7. The summed E-state index contributed by atoms with van der Waals surface area (Å²) in [5, 5.41) is 6.69. The number of nitrogen functional groups attached to an aromatic ring is 1. The molecule has 200 valence electrons. The molecule has 0 bridgehead atoms. The number of methoxy groups -OCH3 is 1. The van der Waals surface area contributed by atoms with Gasteiger partial charge in [-0.15, -0.1) is 0 Å². The van der Waals surface area contributed by atoms with Crippen LogP contribution >= 0.6 is 0 Å². The van der Waals surface area contributed by atoms with Gasteiger partial charge in [0, 0.05) is 36.5 Å². The van der Waals surface area contributed by atoms with E-state index in [2.05, 4.69) is 27.2 Å². The fourth-order valence-corrected chi connectivity index (χ4v) is 4.86. The molecule has 1 fully saturated rings. The molecule has 9 heteroatoms. The minimum absolute atomic E-state index is 0.0203. The van der Waals surface area contributed by atoms with Gasteiger partial charge in [-0.25, -0.2) is 9.97 Å². The van der Waals surface area contributed by atoms with Gasteiger partial charge < -0.3 is 25.7 Å². The number of aromatic nitrogens is 3. The zero-order chi connectivity index (χ0) is 27.7. The first-order chi connectivity index (χ1) is 18.8. The van der Waals surface area contributed by atoms with Crippen LogP contribution in [0.3, 0.4) is 0 Å². The van der Waals surface area contributed by atoms with Crippen molar-refractivity contribution in [2.75, 3.05) is 24.8 Å². The number of nitrogens with zero attached hydrogens (tertiary/aromatic N) is 3. The van der Waals surface area contributed by atoms with E-state index in [1.807, 2.05) is 60.1 Å². The van der Waals surface area contributed by atoms with Gasteiger partial charge in [0.15, 0.2) is 0 Å². The molecule has 1 unspecified atom stereocenters. The number of carbonyl (C=O) groups is 2. The van der Waals surface area contributed by atoms with Gasteiger partial charge in [0.1, 0.15) is 17.8 Å². The highest BCUT2D eigenvalue weighted by Gasteiger charge is 2.32. The number of fused-ring (bicyclic) bond motifs is 1. The van der Waals surface area contributed by atoms with Crippen molar-refractivity contribution in [3.8, 4) is 22.4 Å². The number of benzene rings is 2. The highest BCUT2D eigenvalue weighted by molar-refractivity contribution is 6.08. The van der Waals surface area contributed by atoms with Crippen LogP contribution in [0.25, 0.3) is 33.4 Å².